The molecule has 1 N–H and O–H groups in total. The Kier molecular flexibility index (Phi) is 10.6. The summed E-state index contributed by atoms with van der Waals surface area (Å²) in [6, 6.07) is 0. The first-order valence-electron chi connectivity index (χ1n) is 17.4. The molecule has 14 atom stereocenters. The van der Waals surface area contributed by atoms with Crippen LogP contribution in [0.15, 0.2) is 0 Å². The minimum atomic E-state index is -2.15. The predicted molar refractivity (Wildman–Crippen MR) is 169 cm³/mol. The highest BCUT2D eigenvalue weighted by molar-refractivity contribution is 5.84. The first-order chi connectivity index (χ1) is 23.7. The zero-order valence-corrected chi connectivity index (χ0v) is 30.6. The molecule has 286 valence electrons. The van der Waals surface area contributed by atoms with E-state index in [1.54, 1.807) is 0 Å². The van der Waals surface area contributed by atoms with Crippen LogP contribution in [0.3, 0.4) is 0 Å². The molecule has 0 aromatic carbocycles. The zero-order valence-electron chi connectivity index (χ0n) is 30.6. The molecule has 14 unspecified atom stereocenters. The summed E-state index contributed by atoms with van der Waals surface area (Å²) in [6.07, 6.45) is -5.66. The number of aliphatic hydroxyl groups excluding tert-OH is 1. The quantitative estimate of drug-likeness (QED) is 0.194. The van der Waals surface area contributed by atoms with Crippen molar-refractivity contribution in [2.75, 3.05) is 13.2 Å². The van der Waals surface area contributed by atoms with E-state index in [4.69, 9.17) is 42.6 Å². The topological polar surface area (TPSA) is 209 Å². The number of epoxide rings is 1. The van der Waals surface area contributed by atoms with Gasteiger partial charge < -0.3 is 47.7 Å². The van der Waals surface area contributed by atoms with Crippen LogP contribution in [0.25, 0.3) is 0 Å². The summed E-state index contributed by atoms with van der Waals surface area (Å²) in [5.74, 6) is -5.54. The van der Waals surface area contributed by atoms with Gasteiger partial charge in [-0.1, -0.05) is 13.8 Å². The number of hydrogen-bond donors (Lipinski definition) is 1. The standard InChI is InChI=1S/C35H50O16/c1-16-10-27(47-21(6)39)34(14-43-18(3)36)25(32(16,8)26-11-23-12-28(41)49-30(23)48-26)13-24(46-20(5)38)29(35(34)15-44-35)50-31(42)33(9,51-22(7)40)17(2)45-19(4)37/h16-17,23-30,41H,10-15H2,1-9H3. The lowest BCUT2D eigenvalue weighted by Crippen LogP contribution is -2.75. The van der Waals surface area contributed by atoms with Crippen LogP contribution in [0, 0.1) is 28.6 Å². The van der Waals surface area contributed by atoms with Crippen molar-refractivity contribution in [3.8, 4) is 0 Å². The van der Waals surface area contributed by atoms with Gasteiger partial charge in [0.15, 0.2) is 18.7 Å². The Morgan fingerprint density at radius 2 is 1.51 bits per heavy atom. The molecule has 0 bridgehead atoms. The van der Waals surface area contributed by atoms with Crippen LogP contribution in [0.5, 0.6) is 0 Å². The van der Waals surface area contributed by atoms with E-state index < -0.39 is 107 Å². The Morgan fingerprint density at radius 1 is 0.863 bits per heavy atom. The van der Waals surface area contributed by atoms with Crippen LogP contribution < -0.4 is 0 Å². The molecule has 5 aliphatic rings. The zero-order chi connectivity index (χ0) is 37.8. The highest BCUT2D eigenvalue weighted by atomic mass is 16.7. The van der Waals surface area contributed by atoms with Gasteiger partial charge in [-0.3, -0.25) is 24.0 Å². The fraction of sp³-hybridized carbons (Fsp3) is 0.829. The number of carbonyl (C=O) groups is 6. The summed E-state index contributed by atoms with van der Waals surface area (Å²) in [5, 5.41) is 10.1. The molecule has 3 heterocycles. The van der Waals surface area contributed by atoms with Crippen LogP contribution in [0.4, 0.5) is 0 Å². The maximum atomic E-state index is 14.2. The van der Waals surface area contributed by atoms with Crippen LogP contribution >= 0.6 is 0 Å². The highest BCUT2D eigenvalue weighted by Crippen LogP contribution is 2.71. The largest absolute Gasteiger partial charge is 0.465 e. The van der Waals surface area contributed by atoms with E-state index in [0.29, 0.717) is 12.8 Å². The van der Waals surface area contributed by atoms with Crippen molar-refractivity contribution in [1.82, 2.24) is 0 Å². The normalized spacial score (nSPS) is 41.2. The van der Waals surface area contributed by atoms with Crippen LogP contribution in [-0.4, -0.2) is 108 Å². The number of aliphatic hydroxyl groups is 1. The molecule has 0 radical (unpaired) electrons. The molecular weight excluding hydrogens is 676 g/mol. The molecule has 3 aliphatic heterocycles. The van der Waals surface area contributed by atoms with Crippen molar-refractivity contribution < 1.29 is 76.5 Å². The van der Waals surface area contributed by atoms with Crippen molar-refractivity contribution in [1.29, 1.82) is 0 Å². The van der Waals surface area contributed by atoms with Gasteiger partial charge in [-0.2, -0.15) is 0 Å². The Labute approximate surface area is 296 Å². The van der Waals surface area contributed by atoms with Crippen LogP contribution in [0.2, 0.25) is 0 Å². The lowest BCUT2D eigenvalue weighted by Gasteiger charge is -2.65. The van der Waals surface area contributed by atoms with E-state index in [1.165, 1.54) is 34.6 Å². The Morgan fingerprint density at radius 3 is 2.04 bits per heavy atom. The van der Waals surface area contributed by atoms with E-state index in [9.17, 15) is 33.9 Å². The molecule has 51 heavy (non-hydrogen) atoms. The smallest absolute Gasteiger partial charge is 0.354 e. The average Bonchev–Trinajstić information content (AvgIpc) is 3.58. The fourth-order valence-corrected chi connectivity index (χ4v) is 9.42. The number of carbonyl (C=O) groups excluding carboxylic acids is 6. The van der Waals surface area contributed by atoms with Gasteiger partial charge in [0.05, 0.1) is 18.1 Å². The third-order valence-electron chi connectivity index (χ3n) is 12.0. The second-order valence-electron chi connectivity index (χ2n) is 15.1. The summed E-state index contributed by atoms with van der Waals surface area (Å²) in [6.45, 7) is 12.2. The van der Waals surface area contributed by atoms with Gasteiger partial charge in [-0.25, -0.2) is 4.79 Å². The first-order valence-corrected chi connectivity index (χ1v) is 17.4. The van der Waals surface area contributed by atoms with Gasteiger partial charge in [0.1, 0.15) is 30.5 Å². The average molecular weight is 727 g/mol. The van der Waals surface area contributed by atoms with Crippen molar-refractivity contribution in [3.63, 3.8) is 0 Å². The molecule has 5 rings (SSSR count). The molecule has 2 saturated carbocycles. The molecule has 2 aliphatic carbocycles. The predicted octanol–water partition coefficient (Wildman–Crippen LogP) is 1.89. The molecule has 0 aromatic rings. The van der Waals surface area contributed by atoms with Crippen molar-refractivity contribution in [2.45, 2.75) is 142 Å². The number of fused-ring (bicyclic) bond motifs is 3. The van der Waals surface area contributed by atoms with E-state index >= 15 is 0 Å². The molecule has 16 nitrogen and oxygen atoms in total. The van der Waals surface area contributed by atoms with Gasteiger partial charge >= 0.3 is 35.8 Å². The summed E-state index contributed by atoms with van der Waals surface area (Å²) in [7, 11) is 0. The number of esters is 6. The number of hydrogen-bond acceptors (Lipinski definition) is 16. The van der Waals surface area contributed by atoms with E-state index in [1.807, 2.05) is 13.8 Å². The molecule has 0 aromatic heterocycles. The third-order valence-corrected chi connectivity index (χ3v) is 12.0. The number of rotatable bonds is 10. The van der Waals surface area contributed by atoms with E-state index in [2.05, 4.69) is 0 Å². The summed E-state index contributed by atoms with van der Waals surface area (Å²) in [4.78, 5) is 76.4. The fourth-order valence-electron chi connectivity index (χ4n) is 9.42. The lowest BCUT2D eigenvalue weighted by atomic mass is 9.41. The summed E-state index contributed by atoms with van der Waals surface area (Å²) >= 11 is 0. The van der Waals surface area contributed by atoms with Crippen LogP contribution in [-0.2, 0) is 71.4 Å². The maximum absolute atomic E-state index is 14.2. The lowest BCUT2D eigenvalue weighted by molar-refractivity contribution is -0.291. The van der Waals surface area contributed by atoms with Gasteiger partial charge in [-0.05, 0) is 44.9 Å². The van der Waals surface area contributed by atoms with Gasteiger partial charge in [-0.15, -0.1) is 0 Å². The maximum Gasteiger partial charge on any atom is 0.354 e. The molecule has 0 amide bonds. The number of ether oxygens (including phenoxy) is 9. The Hall–Kier alpha value is -3.34. The second-order valence-corrected chi connectivity index (χ2v) is 15.1. The molecule has 1 spiro atoms. The van der Waals surface area contributed by atoms with Crippen molar-refractivity contribution >= 4 is 35.8 Å². The van der Waals surface area contributed by atoms with E-state index in [-0.39, 0.29) is 37.9 Å². The van der Waals surface area contributed by atoms with Gasteiger partial charge in [0, 0.05) is 52.4 Å². The Bertz CT molecular complexity index is 1410. The molecular formula is C35H50O16. The minimum absolute atomic E-state index is 0.0188. The monoisotopic (exact) mass is 726 g/mol. The summed E-state index contributed by atoms with van der Waals surface area (Å²) < 4.78 is 53.2. The SMILES string of the molecule is CC(=O)OCC12C(OC(C)=O)CC(C)C(C)(C3CC4CC(O)OC4O3)C1CC(OC(C)=O)C(OC(=O)C(C)(OC(C)=O)C(C)OC(C)=O)C21CO1. The first kappa shape index (κ1) is 38.9. The molecule has 5 fully saturated rings. The highest BCUT2D eigenvalue weighted by Gasteiger charge is 2.82. The van der Waals surface area contributed by atoms with Gasteiger partial charge in [0.2, 0.25) is 5.60 Å². The minimum Gasteiger partial charge on any atom is -0.465 e. The van der Waals surface area contributed by atoms with Crippen molar-refractivity contribution in [2.24, 2.45) is 28.6 Å². The third kappa shape index (κ3) is 6.72. The van der Waals surface area contributed by atoms with Gasteiger partial charge in [0.25, 0.3) is 0 Å². The molecule has 3 saturated heterocycles. The van der Waals surface area contributed by atoms with Crippen molar-refractivity contribution in [3.05, 3.63) is 0 Å². The molecule has 16 heteroatoms. The van der Waals surface area contributed by atoms with E-state index in [0.717, 1.165) is 13.8 Å². The Balaban J connectivity index is 1.66. The van der Waals surface area contributed by atoms with Crippen LogP contribution in [0.1, 0.15) is 88.0 Å². The second kappa shape index (κ2) is 13.9. The summed E-state index contributed by atoms with van der Waals surface area (Å²) in [5.41, 5.74) is -5.91.